The van der Waals surface area contributed by atoms with Crippen LogP contribution in [0.2, 0.25) is 0 Å². The first-order valence-electron chi connectivity index (χ1n) is 11.0. The van der Waals surface area contributed by atoms with E-state index < -0.39 is 21.6 Å². The molecule has 184 valence electrons. The van der Waals surface area contributed by atoms with Crippen LogP contribution in [0, 0.1) is 11.8 Å². The van der Waals surface area contributed by atoms with Crippen molar-refractivity contribution in [1.82, 2.24) is 4.98 Å². The Morgan fingerprint density at radius 1 is 0.972 bits per heavy atom. The molecule has 36 heavy (non-hydrogen) atoms. The predicted octanol–water partition coefficient (Wildman–Crippen LogP) is 5.79. The molecule has 4 rings (SSSR count). The van der Waals surface area contributed by atoms with Crippen LogP contribution in [0.4, 0.5) is 14.5 Å². The van der Waals surface area contributed by atoms with Gasteiger partial charge in [-0.15, -0.1) is 0 Å². The highest BCUT2D eigenvalue weighted by molar-refractivity contribution is 7.91. The fraction of sp³-hybridized carbons (Fsp3) is 0.111. The number of carbonyl (C=O) groups excluding carboxylic acids is 1. The highest BCUT2D eigenvalue weighted by Crippen LogP contribution is 2.35. The van der Waals surface area contributed by atoms with Crippen LogP contribution in [-0.4, -0.2) is 25.1 Å². The molecule has 0 radical (unpaired) electrons. The zero-order chi connectivity index (χ0) is 25.7. The molecule has 1 heterocycles. The molecule has 1 N–H and O–H groups in total. The summed E-state index contributed by atoms with van der Waals surface area (Å²) in [7, 11) is -3.32. The maximum absolute atomic E-state index is 13.7. The molecule has 0 bridgehead atoms. The first-order chi connectivity index (χ1) is 17.2. The van der Waals surface area contributed by atoms with E-state index in [4.69, 9.17) is 4.74 Å². The van der Waals surface area contributed by atoms with E-state index in [1.807, 2.05) is 0 Å². The number of halogens is 2. The minimum absolute atomic E-state index is 0.00314. The molecule has 3 aromatic carbocycles. The summed E-state index contributed by atoms with van der Waals surface area (Å²) in [6.07, 6.45) is 1.37. The number of rotatable bonds is 8. The number of aromatic nitrogens is 1. The van der Waals surface area contributed by atoms with E-state index in [1.165, 1.54) is 48.7 Å². The van der Waals surface area contributed by atoms with Gasteiger partial charge in [0.05, 0.1) is 17.1 Å². The third-order valence-electron chi connectivity index (χ3n) is 5.35. The van der Waals surface area contributed by atoms with Gasteiger partial charge >= 0.3 is 0 Å². The molecule has 0 fully saturated rings. The molecule has 0 unspecified atom stereocenters. The van der Waals surface area contributed by atoms with E-state index in [0.717, 1.165) is 0 Å². The van der Waals surface area contributed by atoms with Crippen molar-refractivity contribution in [2.24, 2.45) is 0 Å². The highest BCUT2D eigenvalue weighted by atomic mass is 32.2. The molecule has 9 heteroatoms. The number of hydrogen-bond donors (Lipinski definition) is 1. The number of ether oxygens (including phenoxy) is 1. The Morgan fingerprint density at radius 3 is 2.42 bits per heavy atom. The van der Waals surface area contributed by atoms with Crippen molar-refractivity contribution in [2.75, 3.05) is 11.1 Å². The van der Waals surface area contributed by atoms with Gasteiger partial charge in [0.25, 0.3) is 0 Å². The van der Waals surface area contributed by atoms with Crippen LogP contribution in [0.15, 0.2) is 90.0 Å². The summed E-state index contributed by atoms with van der Waals surface area (Å²) < 4.78 is 56.8. The van der Waals surface area contributed by atoms with Gasteiger partial charge in [0.1, 0.15) is 17.3 Å². The third kappa shape index (κ3) is 6.11. The molecular formula is C27H22F2N2O4S. The Kier molecular flexibility index (Phi) is 7.40. The van der Waals surface area contributed by atoms with Gasteiger partial charge in [0, 0.05) is 35.1 Å². The number of carbonyl (C=O) groups is 1. The fourth-order valence-electron chi connectivity index (χ4n) is 3.49. The molecule has 1 aromatic heterocycles. The largest absolute Gasteiger partial charge is 0.457 e. The predicted molar refractivity (Wildman–Crippen MR) is 133 cm³/mol. The van der Waals surface area contributed by atoms with Gasteiger partial charge in [-0.2, -0.15) is 4.39 Å². The van der Waals surface area contributed by atoms with Gasteiger partial charge in [0.2, 0.25) is 11.9 Å². The normalized spacial score (nSPS) is 11.2. The average Bonchev–Trinajstić information content (AvgIpc) is 2.85. The maximum Gasteiger partial charge on any atom is 0.228 e. The lowest BCUT2D eigenvalue weighted by molar-refractivity contribution is -0.115. The number of benzene rings is 3. The van der Waals surface area contributed by atoms with Crippen molar-refractivity contribution in [3.8, 4) is 22.6 Å². The first kappa shape index (κ1) is 25.0. The second-order valence-corrected chi connectivity index (χ2v) is 10.2. The molecule has 4 aromatic rings. The number of sulfone groups is 1. The van der Waals surface area contributed by atoms with Gasteiger partial charge in [-0.05, 0) is 54.1 Å². The van der Waals surface area contributed by atoms with E-state index in [-0.39, 0.29) is 28.7 Å². The summed E-state index contributed by atoms with van der Waals surface area (Å²) in [5.74, 6) is -0.876. The minimum atomic E-state index is -3.32. The average molecular weight is 509 g/mol. The van der Waals surface area contributed by atoms with Crippen LogP contribution in [0.5, 0.6) is 11.5 Å². The van der Waals surface area contributed by atoms with Gasteiger partial charge < -0.3 is 10.1 Å². The van der Waals surface area contributed by atoms with Gasteiger partial charge in [0.15, 0.2) is 9.84 Å². The SMILES string of the molecule is CCS(=O)(=O)c1ccc(CC(=O)Nc2ccc(-c3ccc(F)nc3)c(Oc3cccc(F)c3)c2)cc1. The van der Waals surface area contributed by atoms with Gasteiger partial charge in [-0.3, -0.25) is 4.79 Å². The van der Waals surface area contributed by atoms with Crippen LogP contribution < -0.4 is 10.1 Å². The van der Waals surface area contributed by atoms with Crippen LogP contribution in [0.1, 0.15) is 12.5 Å². The van der Waals surface area contributed by atoms with Crippen molar-refractivity contribution in [1.29, 1.82) is 0 Å². The number of hydrogen-bond acceptors (Lipinski definition) is 5. The minimum Gasteiger partial charge on any atom is -0.457 e. The second-order valence-electron chi connectivity index (χ2n) is 7.91. The van der Waals surface area contributed by atoms with Crippen molar-refractivity contribution in [3.05, 3.63) is 102 Å². The second kappa shape index (κ2) is 10.7. The Labute approximate surface area is 207 Å². The lowest BCUT2D eigenvalue weighted by atomic mass is 10.1. The van der Waals surface area contributed by atoms with E-state index in [1.54, 1.807) is 43.3 Å². The van der Waals surface area contributed by atoms with Crippen LogP contribution >= 0.6 is 0 Å². The summed E-state index contributed by atoms with van der Waals surface area (Å²) in [4.78, 5) is 16.5. The quantitative estimate of drug-likeness (QED) is 0.304. The molecule has 0 spiro atoms. The molecule has 0 saturated heterocycles. The summed E-state index contributed by atoms with van der Waals surface area (Å²) in [6.45, 7) is 1.57. The fourth-order valence-corrected chi connectivity index (χ4v) is 4.37. The number of nitrogens with one attached hydrogen (secondary N) is 1. The van der Waals surface area contributed by atoms with E-state index in [2.05, 4.69) is 10.3 Å². The first-order valence-corrected chi connectivity index (χ1v) is 12.7. The van der Waals surface area contributed by atoms with Crippen LogP contribution in [0.25, 0.3) is 11.1 Å². The number of amides is 1. The number of nitrogens with zero attached hydrogens (tertiary/aromatic N) is 1. The lowest BCUT2D eigenvalue weighted by Gasteiger charge is -2.14. The summed E-state index contributed by atoms with van der Waals surface area (Å²) in [5, 5.41) is 2.78. The molecule has 0 aliphatic carbocycles. The third-order valence-corrected chi connectivity index (χ3v) is 7.11. The highest BCUT2D eigenvalue weighted by Gasteiger charge is 2.14. The maximum atomic E-state index is 13.7. The van der Waals surface area contributed by atoms with Crippen LogP contribution in [-0.2, 0) is 21.1 Å². The summed E-state index contributed by atoms with van der Waals surface area (Å²) in [6, 6.07) is 19.5. The topological polar surface area (TPSA) is 85.4 Å². The van der Waals surface area contributed by atoms with E-state index in [9.17, 15) is 22.0 Å². The van der Waals surface area contributed by atoms with Gasteiger partial charge in [-0.25, -0.2) is 17.8 Å². The summed E-state index contributed by atoms with van der Waals surface area (Å²) in [5.41, 5.74) is 2.21. The Hall–Kier alpha value is -4.11. The molecule has 6 nitrogen and oxygen atoms in total. The number of anilines is 1. The Bertz CT molecular complexity index is 1490. The summed E-state index contributed by atoms with van der Waals surface area (Å²) >= 11 is 0. The van der Waals surface area contributed by atoms with Gasteiger partial charge in [-0.1, -0.05) is 25.1 Å². The lowest BCUT2D eigenvalue weighted by Crippen LogP contribution is -2.14. The van der Waals surface area contributed by atoms with Crippen molar-refractivity contribution in [3.63, 3.8) is 0 Å². The molecule has 1 amide bonds. The monoisotopic (exact) mass is 508 g/mol. The molecular weight excluding hydrogens is 486 g/mol. The van der Waals surface area contributed by atoms with Crippen molar-refractivity contribution in [2.45, 2.75) is 18.2 Å². The van der Waals surface area contributed by atoms with Crippen molar-refractivity contribution < 1.29 is 26.7 Å². The zero-order valence-electron chi connectivity index (χ0n) is 19.2. The molecule has 0 aliphatic heterocycles. The molecule has 0 atom stereocenters. The van der Waals surface area contributed by atoms with E-state index in [0.29, 0.717) is 28.1 Å². The smallest absolute Gasteiger partial charge is 0.228 e. The van der Waals surface area contributed by atoms with E-state index >= 15 is 0 Å². The zero-order valence-corrected chi connectivity index (χ0v) is 20.1. The Balaban J connectivity index is 1.56. The number of pyridine rings is 1. The van der Waals surface area contributed by atoms with Crippen molar-refractivity contribution >= 4 is 21.4 Å². The molecule has 0 aliphatic rings. The Morgan fingerprint density at radius 2 is 1.75 bits per heavy atom. The van der Waals surface area contributed by atoms with Crippen LogP contribution in [0.3, 0.4) is 0 Å². The molecule has 0 saturated carbocycles. The standard InChI is InChI=1S/C27H22F2N2O4S/c1-2-36(33,34)23-10-6-18(7-11-23)14-27(32)31-21-9-12-24(19-8-13-26(29)30-17-19)25(16-21)35-22-5-3-4-20(28)15-22/h3-13,15-17H,2,14H2,1H3,(H,31,32).